The number of hydrogen-bond donors (Lipinski definition) is 7. The molecule has 0 bridgehead atoms. The Labute approximate surface area is 225 Å². The van der Waals surface area contributed by atoms with Crippen molar-refractivity contribution in [3.05, 3.63) is 23.8 Å². The van der Waals surface area contributed by atoms with Gasteiger partial charge in [0, 0.05) is 51.7 Å². The molecule has 5 atom stereocenters. The van der Waals surface area contributed by atoms with Gasteiger partial charge in [-0.3, -0.25) is 24.4 Å². The SMILES string of the molecule is O=C(O)CCCO[C@H](c1cnc(C[C@H](O)[C@@H](CO)OCCCC(=O)O)cn1)[C@H](O)[C@@H](CO)OCCCC(=O)O. The summed E-state index contributed by atoms with van der Waals surface area (Å²) in [6.45, 7) is -1.20. The second kappa shape index (κ2) is 19.3. The Balaban J connectivity index is 2.88. The van der Waals surface area contributed by atoms with Gasteiger partial charge in [0.2, 0.25) is 0 Å². The molecule has 0 aromatic carbocycles. The number of hydrogen-bond acceptors (Lipinski definition) is 12. The third kappa shape index (κ3) is 14.2. The van der Waals surface area contributed by atoms with Crippen LogP contribution in [0.15, 0.2) is 12.4 Å². The van der Waals surface area contributed by atoms with Gasteiger partial charge in [0.25, 0.3) is 0 Å². The lowest BCUT2D eigenvalue weighted by Gasteiger charge is -2.28. The van der Waals surface area contributed by atoms with Gasteiger partial charge < -0.3 is 50.0 Å². The molecule has 15 heteroatoms. The van der Waals surface area contributed by atoms with Crippen LogP contribution in [0.25, 0.3) is 0 Å². The van der Waals surface area contributed by atoms with E-state index >= 15 is 0 Å². The van der Waals surface area contributed by atoms with Gasteiger partial charge in [-0.15, -0.1) is 0 Å². The van der Waals surface area contributed by atoms with Crippen molar-refractivity contribution in [2.24, 2.45) is 0 Å². The molecule has 0 radical (unpaired) electrons. The van der Waals surface area contributed by atoms with Gasteiger partial charge in [-0.05, 0) is 19.3 Å². The maximum atomic E-state index is 10.9. The molecule has 15 nitrogen and oxygen atoms in total. The van der Waals surface area contributed by atoms with Gasteiger partial charge >= 0.3 is 17.9 Å². The highest BCUT2D eigenvalue weighted by atomic mass is 16.5. The molecule has 0 saturated heterocycles. The third-order valence-electron chi connectivity index (χ3n) is 5.48. The molecular formula is C24H38N2O13. The zero-order valence-corrected chi connectivity index (χ0v) is 21.5. The number of aliphatic hydroxyl groups is 4. The van der Waals surface area contributed by atoms with Gasteiger partial charge in [-0.25, -0.2) is 0 Å². The summed E-state index contributed by atoms with van der Waals surface area (Å²) in [5, 5.41) is 66.7. The maximum Gasteiger partial charge on any atom is 0.303 e. The second-order valence-corrected chi connectivity index (χ2v) is 8.66. The monoisotopic (exact) mass is 562 g/mol. The number of aliphatic hydroxyl groups excluding tert-OH is 4. The fourth-order valence-electron chi connectivity index (χ4n) is 3.41. The summed E-state index contributed by atoms with van der Waals surface area (Å²) in [6.07, 6.45) is -3.39. The molecule has 39 heavy (non-hydrogen) atoms. The zero-order valence-electron chi connectivity index (χ0n) is 21.5. The molecule has 222 valence electrons. The smallest absolute Gasteiger partial charge is 0.303 e. The normalized spacial score (nSPS) is 15.3. The van der Waals surface area contributed by atoms with Crippen molar-refractivity contribution in [2.75, 3.05) is 33.0 Å². The summed E-state index contributed by atoms with van der Waals surface area (Å²) in [7, 11) is 0. The molecule has 1 rings (SSSR count). The van der Waals surface area contributed by atoms with Crippen molar-refractivity contribution >= 4 is 17.9 Å². The van der Waals surface area contributed by atoms with Gasteiger partial charge in [0.15, 0.2) is 0 Å². The third-order valence-corrected chi connectivity index (χ3v) is 5.48. The number of rotatable bonds is 23. The van der Waals surface area contributed by atoms with Crippen LogP contribution in [-0.4, -0.2) is 121 Å². The molecule has 1 aromatic heterocycles. The Hall–Kier alpha value is -2.79. The molecule has 1 heterocycles. The molecule has 1 aromatic rings. The van der Waals surface area contributed by atoms with Crippen LogP contribution in [0.1, 0.15) is 56.0 Å². The molecule has 0 spiro atoms. The molecule has 0 aliphatic carbocycles. The van der Waals surface area contributed by atoms with Crippen LogP contribution in [0.2, 0.25) is 0 Å². The fourth-order valence-corrected chi connectivity index (χ4v) is 3.41. The van der Waals surface area contributed by atoms with Crippen molar-refractivity contribution in [1.82, 2.24) is 9.97 Å². The minimum Gasteiger partial charge on any atom is -0.481 e. The van der Waals surface area contributed by atoms with Crippen LogP contribution < -0.4 is 0 Å². The highest BCUT2D eigenvalue weighted by molar-refractivity contribution is 5.67. The van der Waals surface area contributed by atoms with Crippen LogP contribution in [0, 0.1) is 0 Å². The molecule has 0 aliphatic heterocycles. The van der Waals surface area contributed by atoms with E-state index in [1.54, 1.807) is 0 Å². The second-order valence-electron chi connectivity index (χ2n) is 8.66. The highest BCUT2D eigenvalue weighted by Crippen LogP contribution is 2.24. The minimum absolute atomic E-state index is 0.0301. The van der Waals surface area contributed by atoms with Crippen molar-refractivity contribution in [3.8, 4) is 0 Å². The topological polar surface area (TPSA) is 246 Å². The lowest BCUT2D eigenvalue weighted by molar-refractivity contribution is -0.141. The van der Waals surface area contributed by atoms with E-state index in [0.29, 0.717) is 5.69 Å². The van der Waals surface area contributed by atoms with Crippen LogP contribution in [0.3, 0.4) is 0 Å². The summed E-state index contributed by atoms with van der Waals surface area (Å²) in [5.41, 5.74) is 0.439. The Morgan fingerprint density at radius 2 is 1.21 bits per heavy atom. The van der Waals surface area contributed by atoms with E-state index in [-0.39, 0.29) is 70.5 Å². The van der Waals surface area contributed by atoms with E-state index in [0.717, 1.165) is 0 Å². The number of carboxylic acids is 3. The van der Waals surface area contributed by atoms with Crippen molar-refractivity contribution < 1.29 is 64.3 Å². The summed E-state index contributed by atoms with van der Waals surface area (Å²) in [4.78, 5) is 40.5. The summed E-state index contributed by atoms with van der Waals surface area (Å²) < 4.78 is 16.5. The summed E-state index contributed by atoms with van der Waals surface area (Å²) in [6, 6.07) is 0. The number of carboxylic acid groups (broad SMARTS) is 3. The number of nitrogens with zero attached hydrogens (tertiary/aromatic N) is 2. The maximum absolute atomic E-state index is 10.9. The Kier molecular flexibility index (Phi) is 16.9. The summed E-state index contributed by atoms with van der Waals surface area (Å²) in [5.74, 6) is -3.03. The average Bonchev–Trinajstić information content (AvgIpc) is 2.88. The standard InChI is InChI=1S/C24H38N2O13/c27-13-18(37-7-1-4-20(30)31)17(29)10-15-11-26-16(12-25-15)24(39-9-3-6-22(34)35)23(36)19(14-28)38-8-2-5-21(32)33/h11-12,17-19,23-24,27-29,36H,1-10,13-14H2,(H,30,31)(H,32,33)(H,34,35)/t17-,18+,19+,23+,24+/m0/s1. The van der Waals surface area contributed by atoms with E-state index in [4.69, 9.17) is 29.5 Å². The van der Waals surface area contributed by atoms with E-state index in [1.165, 1.54) is 12.4 Å². The highest BCUT2D eigenvalue weighted by Gasteiger charge is 2.32. The fraction of sp³-hybridized carbons (Fsp3) is 0.708. The number of aliphatic carboxylic acids is 3. The largest absolute Gasteiger partial charge is 0.481 e. The Morgan fingerprint density at radius 3 is 1.64 bits per heavy atom. The number of ether oxygens (including phenoxy) is 3. The predicted octanol–water partition coefficient (Wildman–Crippen LogP) is -0.852. The first-order valence-corrected chi connectivity index (χ1v) is 12.5. The first kappa shape index (κ1) is 34.2. The quantitative estimate of drug-likeness (QED) is 0.0802. The number of aromatic nitrogens is 2. The molecule has 0 aliphatic rings. The first-order chi connectivity index (χ1) is 18.6. The van der Waals surface area contributed by atoms with E-state index in [1.807, 2.05) is 0 Å². The van der Waals surface area contributed by atoms with Crippen molar-refractivity contribution in [1.29, 1.82) is 0 Å². The van der Waals surface area contributed by atoms with Crippen molar-refractivity contribution in [2.45, 2.75) is 75.5 Å². The van der Waals surface area contributed by atoms with Crippen LogP contribution in [0.4, 0.5) is 0 Å². The van der Waals surface area contributed by atoms with Gasteiger partial charge in [-0.1, -0.05) is 0 Å². The first-order valence-electron chi connectivity index (χ1n) is 12.5. The van der Waals surface area contributed by atoms with Crippen LogP contribution in [-0.2, 0) is 35.0 Å². The van der Waals surface area contributed by atoms with Crippen LogP contribution >= 0.6 is 0 Å². The van der Waals surface area contributed by atoms with Gasteiger partial charge in [0.1, 0.15) is 24.4 Å². The van der Waals surface area contributed by atoms with Gasteiger partial charge in [-0.2, -0.15) is 0 Å². The molecule has 7 N–H and O–H groups in total. The van der Waals surface area contributed by atoms with E-state index in [9.17, 15) is 34.8 Å². The molecule has 0 unspecified atom stereocenters. The van der Waals surface area contributed by atoms with Gasteiger partial charge in [0.05, 0.1) is 36.9 Å². The van der Waals surface area contributed by atoms with E-state index < -0.39 is 61.6 Å². The molecule has 0 amide bonds. The van der Waals surface area contributed by atoms with Crippen molar-refractivity contribution in [3.63, 3.8) is 0 Å². The number of carbonyl (C=O) groups is 3. The average molecular weight is 563 g/mol. The molecule has 0 saturated carbocycles. The van der Waals surface area contributed by atoms with E-state index in [2.05, 4.69) is 9.97 Å². The Morgan fingerprint density at radius 1 is 0.718 bits per heavy atom. The Bertz CT molecular complexity index is 855. The summed E-state index contributed by atoms with van der Waals surface area (Å²) >= 11 is 0. The minimum atomic E-state index is -1.46. The molecular weight excluding hydrogens is 524 g/mol. The van der Waals surface area contributed by atoms with Crippen LogP contribution in [0.5, 0.6) is 0 Å². The lowest BCUT2D eigenvalue weighted by atomic mass is 10.0. The predicted molar refractivity (Wildman–Crippen MR) is 131 cm³/mol. The zero-order chi connectivity index (χ0) is 29.2. The lowest BCUT2D eigenvalue weighted by Crippen LogP contribution is -2.39. The molecule has 0 fully saturated rings.